The highest BCUT2D eigenvalue weighted by molar-refractivity contribution is 5.00. The molecule has 1 aromatic rings. The Bertz CT molecular complexity index is 216. The third-order valence-electron chi connectivity index (χ3n) is 1.52. The van der Waals surface area contributed by atoms with Gasteiger partial charge in [0.05, 0.1) is 12.2 Å². The summed E-state index contributed by atoms with van der Waals surface area (Å²) in [6.07, 6.45) is 1.78. The van der Waals surface area contributed by atoms with Gasteiger partial charge in [0.15, 0.2) is 0 Å². The van der Waals surface area contributed by atoms with E-state index < -0.39 is 0 Å². The predicted octanol–water partition coefficient (Wildman–Crippen LogP) is 0.427. The topological polar surface area (TPSA) is 55.9 Å². The highest BCUT2D eigenvalue weighted by atomic mass is 15.3. The molecule has 62 valence electrons. The summed E-state index contributed by atoms with van der Waals surface area (Å²) in [5.74, 6) is 5.20. The van der Waals surface area contributed by atoms with Gasteiger partial charge >= 0.3 is 0 Å². The Labute approximate surface area is 66.4 Å². The standard InChI is InChI=1S/C7H14N4/c1-6(2)11-7(5-9-8)3-4-10-11/h3-4,6,9H,5,8H2,1-2H3. The largest absolute Gasteiger partial charge is 0.271 e. The molecule has 0 spiro atoms. The molecule has 1 heterocycles. The summed E-state index contributed by atoms with van der Waals surface area (Å²) in [6.45, 7) is 4.85. The fraction of sp³-hybridized carbons (Fsp3) is 0.571. The molecule has 4 nitrogen and oxygen atoms in total. The molecule has 0 amide bonds. The van der Waals surface area contributed by atoms with Gasteiger partial charge in [0.25, 0.3) is 0 Å². The zero-order chi connectivity index (χ0) is 8.27. The Balaban J connectivity index is 2.78. The van der Waals surface area contributed by atoms with Crippen LogP contribution in [0, 0.1) is 0 Å². The monoisotopic (exact) mass is 154 g/mol. The minimum Gasteiger partial charge on any atom is -0.271 e. The average Bonchev–Trinajstić information content (AvgIpc) is 2.36. The molecule has 0 aliphatic heterocycles. The van der Waals surface area contributed by atoms with Crippen LogP contribution in [0.1, 0.15) is 25.6 Å². The number of hydrogen-bond acceptors (Lipinski definition) is 3. The lowest BCUT2D eigenvalue weighted by molar-refractivity contribution is 0.498. The highest BCUT2D eigenvalue weighted by Crippen LogP contribution is 2.06. The molecule has 4 heteroatoms. The normalized spacial score (nSPS) is 10.9. The van der Waals surface area contributed by atoms with Crippen LogP contribution in [0.4, 0.5) is 0 Å². The van der Waals surface area contributed by atoms with E-state index >= 15 is 0 Å². The van der Waals surface area contributed by atoms with Crippen LogP contribution in [0.3, 0.4) is 0 Å². The van der Waals surface area contributed by atoms with E-state index in [1.165, 1.54) is 0 Å². The smallest absolute Gasteiger partial charge is 0.0539 e. The zero-order valence-corrected chi connectivity index (χ0v) is 6.91. The fourth-order valence-electron chi connectivity index (χ4n) is 1.05. The van der Waals surface area contributed by atoms with Crippen LogP contribution in [0.25, 0.3) is 0 Å². The number of nitrogens with one attached hydrogen (secondary N) is 1. The molecule has 0 aromatic carbocycles. The van der Waals surface area contributed by atoms with Crippen molar-refractivity contribution in [1.82, 2.24) is 15.2 Å². The molecule has 0 aliphatic rings. The van der Waals surface area contributed by atoms with E-state index in [1.54, 1.807) is 6.20 Å². The second-order valence-electron chi connectivity index (χ2n) is 2.74. The van der Waals surface area contributed by atoms with Crippen molar-refractivity contribution in [1.29, 1.82) is 0 Å². The lowest BCUT2D eigenvalue weighted by Crippen LogP contribution is -2.23. The van der Waals surface area contributed by atoms with Crippen molar-refractivity contribution >= 4 is 0 Å². The maximum atomic E-state index is 5.20. The first-order chi connectivity index (χ1) is 5.25. The fourth-order valence-corrected chi connectivity index (χ4v) is 1.05. The highest BCUT2D eigenvalue weighted by Gasteiger charge is 2.03. The van der Waals surface area contributed by atoms with E-state index in [4.69, 9.17) is 5.84 Å². The lowest BCUT2D eigenvalue weighted by atomic mass is 10.3. The Kier molecular flexibility index (Phi) is 2.62. The minimum absolute atomic E-state index is 0.397. The van der Waals surface area contributed by atoms with E-state index in [9.17, 15) is 0 Å². The number of hydrazine groups is 1. The summed E-state index contributed by atoms with van der Waals surface area (Å²) < 4.78 is 1.94. The predicted molar refractivity (Wildman–Crippen MR) is 43.6 cm³/mol. The lowest BCUT2D eigenvalue weighted by Gasteiger charge is -2.09. The van der Waals surface area contributed by atoms with Crippen LogP contribution >= 0.6 is 0 Å². The molecular weight excluding hydrogens is 140 g/mol. The zero-order valence-electron chi connectivity index (χ0n) is 6.91. The Morgan fingerprint density at radius 2 is 2.45 bits per heavy atom. The molecule has 0 fully saturated rings. The van der Waals surface area contributed by atoms with Gasteiger partial charge in [0.1, 0.15) is 0 Å². The van der Waals surface area contributed by atoms with Crippen LogP contribution in [-0.2, 0) is 6.54 Å². The van der Waals surface area contributed by atoms with Gasteiger partial charge in [-0.05, 0) is 19.9 Å². The Morgan fingerprint density at radius 1 is 1.73 bits per heavy atom. The maximum Gasteiger partial charge on any atom is 0.0539 e. The third kappa shape index (κ3) is 1.78. The van der Waals surface area contributed by atoms with Crippen molar-refractivity contribution in [2.45, 2.75) is 26.4 Å². The van der Waals surface area contributed by atoms with Crippen LogP contribution in [0.2, 0.25) is 0 Å². The van der Waals surface area contributed by atoms with Crippen molar-refractivity contribution in [3.05, 3.63) is 18.0 Å². The number of nitrogens with two attached hydrogens (primary N) is 1. The van der Waals surface area contributed by atoms with Gasteiger partial charge in [0, 0.05) is 12.2 Å². The summed E-state index contributed by atoms with van der Waals surface area (Å²) >= 11 is 0. The van der Waals surface area contributed by atoms with Gasteiger partial charge in [0.2, 0.25) is 0 Å². The molecule has 1 aromatic heterocycles. The average molecular weight is 154 g/mol. The second kappa shape index (κ2) is 3.50. The van der Waals surface area contributed by atoms with Gasteiger partial charge in [-0.15, -0.1) is 0 Å². The molecule has 0 bridgehead atoms. The Morgan fingerprint density at radius 3 is 3.00 bits per heavy atom. The van der Waals surface area contributed by atoms with E-state index in [1.807, 2.05) is 10.7 Å². The summed E-state index contributed by atoms with van der Waals surface area (Å²) in [7, 11) is 0. The molecule has 0 unspecified atom stereocenters. The number of hydrogen-bond donors (Lipinski definition) is 2. The van der Waals surface area contributed by atoms with Crippen LogP contribution in [0.15, 0.2) is 12.3 Å². The quantitative estimate of drug-likeness (QED) is 0.490. The van der Waals surface area contributed by atoms with Crippen LogP contribution < -0.4 is 11.3 Å². The van der Waals surface area contributed by atoms with E-state index in [2.05, 4.69) is 24.4 Å². The van der Waals surface area contributed by atoms with Crippen molar-refractivity contribution in [2.75, 3.05) is 0 Å². The second-order valence-corrected chi connectivity index (χ2v) is 2.74. The van der Waals surface area contributed by atoms with Crippen molar-refractivity contribution in [2.24, 2.45) is 5.84 Å². The SMILES string of the molecule is CC(C)n1nccc1CNN. The van der Waals surface area contributed by atoms with Crippen LogP contribution in [-0.4, -0.2) is 9.78 Å². The first-order valence-corrected chi connectivity index (χ1v) is 3.71. The van der Waals surface area contributed by atoms with Gasteiger partial charge in [-0.25, -0.2) is 0 Å². The Hall–Kier alpha value is -0.870. The molecule has 0 saturated heterocycles. The van der Waals surface area contributed by atoms with Crippen molar-refractivity contribution < 1.29 is 0 Å². The van der Waals surface area contributed by atoms with E-state index in [0.29, 0.717) is 12.6 Å². The van der Waals surface area contributed by atoms with E-state index in [0.717, 1.165) is 5.69 Å². The molecule has 11 heavy (non-hydrogen) atoms. The third-order valence-corrected chi connectivity index (χ3v) is 1.52. The summed E-state index contributed by atoms with van der Waals surface area (Å²) in [5, 5.41) is 4.16. The summed E-state index contributed by atoms with van der Waals surface area (Å²) in [4.78, 5) is 0. The van der Waals surface area contributed by atoms with Crippen LogP contribution in [0.5, 0.6) is 0 Å². The first kappa shape index (κ1) is 8.23. The molecule has 1 rings (SSSR count). The minimum atomic E-state index is 0.397. The summed E-state index contributed by atoms with van der Waals surface area (Å²) in [5.41, 5.74) is 3.72. The number of aromatic nitrogens is 2. The molecule has 0 saturated carbocycles. The van der Waals surface area contributed by atoms with Gasteiger partial charge in [-0.2, -0.15) is 5.10 Å². The summed E-state index contributed by atoms with van der Waals surface area (Å²) in [6, 6.07) is 2.35. The number of nitrogens with zero attached hydrogens (tertiary/aromatic N) is 2. The molecule has 0 aliphatic carbocycles. The molecule has 0 radical (unpaired) electrons. The van der Waals surface area contributed by atoms with Gasteiger partial charge < -0.3 is 0 Å². The molecule has 3 N–H and O–H groups in total. The van der Waals surface area contributed by atoms with Crippen molar-refractivity contribution in [3.63, 3.8) is 0 Å². The maximum absolute atomic E-state index is 5.20. The molecular formula is C7H14N4. The van der Waals surface area contributed by atoms with E-state index in [-0.39, 0.29) is 0 Å². The van der Waals surface area contributed by atoms with Crippen molar-refractivity contribution in [3.8, 4) is 0 Å². The number of rotatable bonds is 3. The van der Waals surface area contributed by atoms with Gasteiger partial charge in [-0.3, -0.25) is 16.0 Å². The molecule has 0 atom stereocenters. The van der Waals surface area contributed by atoms with Gasteiger partial charge in [-0.1, -0.05) is 0 Å². The first-order valence-electron chi connectivity index (χ1n) is 3.71.